The Kier molecular flexibility index (Phi) is 3.30. The van der Waals surface area contributed by atoms with Crippen LogP contribution in [-0.2, 0) is 0 Å². The molecule has 0 radical (unpaired) electrons. The molecule has 5 atom stereocenters. The van der Waals surface area contributed by atoms with E-state index >= 15 is 0 Å². The van der Waals surface area contributed by atoms with Crippen molar-refractivity contribution in [2.45, 2.75) is 50.5 Å². The van der Waals surface area contributed by atoms with Crippen LogP contribution in [0.25, 0.3) is 0 Å². The van der Waals surface area contributed by atoms with Crippen LogP contribution < -0.4 is 0 Å². The Morgan fingerprint density at radius 1 is 1.27 bits per heavy atom. The molecular weight excluding hydrogens is 194 g/mol. The summed E-state index contributed by atoms with van der Waals surface area (Å²) in [6, 6.07) is -0.191. The summed E-state index contributed by atoms with van der Waals surface area (Å²) >= 11 is 0. The highest BCUT2D eigenvalue weighted by Gasteiger charge is 2.52. The molecule has 0 aromatic carbocycles. The molecule has 0 aliphatic carbocycles. The number of rotatable bonds is 3. The maximum Gasteiger partial charge on any atom is 0.0991 e. The van der Waals surface area contributed by atoms with E-state index in [0.717, 1.165) is 25.8 Å². The van der Waals surface area contributed by atoms with E-state index in [-0.39, 0.29) is 18.7 Å². The van der Waals surface area contributed by atoms with Crippen molar-refractivity contribution < 1.29 is 15.3 Å². The summed E-state index contributed by atoms with van der Waals surface area (Å²) in [5, 5.41) is 29.0. The Hall–Kier alpha value is -0.160. The Morgan fingerprint density at radius 3 is 2.60 bits per heavy atom. The molecule has 0 aromatic heterocycles. The molecule has 88 valence electrons. The van der Waals surface area contributed by atoms with Crippen molar-refractivity contribution in [2.24, 2.45) is 5.92 Å². The lowest BCUT2D eigenvalue weighted by atomic mass is 9.91. The molecule has 2 saturated heterocycles. The zero-order valence-electron chi connectivity index (χ0n) is 9.21. The molecule has 2 aliphatic rings. The Labute approximate surface area is 90.5 Å². The highest BCUT2D eigenvalue weighted by atomic mass is 16.3. The summed E-state index contributed by atoms with van der Waals surface area (Å²) in [5.41, 5.74) is 0. The lowest BCUT2D eigenvalue weighted by Crippen LogP contribution is -2.39. The quantitative estimate of drug-likeness (QED) is 0.598. The SMILES string of the molecule is CCC[C@H]1CCN2[C@@H]1[C@H](O)[C@H](O)[C@@H]2CO. The van der Waals surface area contributed by atoms with Gasteiger partial charge in [-0.2, -0.15) is 0 Å². The standard InChI is InChI=1S/C11H21NO3/c1-2-3-7-4-5-12-8(6-13)10(14)11(15)9(7)12/h7-11,13-15H,2-6H2,1H3/t7-,8-,9-,10+,11-/m0/s1. The van der Waals surface area contributed by atoms with Crippen LogP contribution in [0.1, 0.15) is 26.2 Å². The van der Waals surface area contributed by atoms with E-state index in [2.05, 4.69) is 11.8 Å². The minimum Gasteiger partial charge on any atom is -0.395 e. The maximum absolute atomic E-state index is 9.96. The van der Waals surface area contributed by atoms with E-state index in [1.807, 2.05) is 0 Å². The molecule has 2 aliphatic heterocycles. The molecule has 0 aromatic rings. The molecule has 3 N–H and O–H groups in total. The largest absolute Gasteiger partial charge is 0.395 e. The zero-order chi connectivity index (χ0) is 11.0. The number of fused-ring (bicyclic) bond motifs is 1. The first-order valence-electron chi connectivity index (χ1n) is 5.93. The number of nitrogens with zero attached hydrogens (tertiary/aromatic N) is 1. The molecule has 2 fully saturated rings. The monoisotopic (exact) mass is 215 g/mol. The van der Waals surface area contributed by atoms with Gasteiger partial charge in [0.2, 0.25) is 0 Å². The van der Waals surface area contributed by atoms with Gasteiger partial charge < -0.3 is 15.3 Å². The predicted molar refractivity (Wildman–Crippen MR) is 56.4 cm³/mol. The fourth-order valence-corrected chi connectivity index (χ4v) is 3.29. The van der Waals surface area contributed by atoms with Crippen molar-refractivity contribution in [1.29, 1.82) is 0 Å². The second-order valence-electron chi connectivity index (χ2n) is 4.80. The van der Waals surface area contributed by atoms with E-state index in [4.69, 9.17) is 0 Å². The summed E-state index contributed by atoms with van der Waals surface area (Å²) < 4.78 is 0. The minimum atomic E-state index is -0.778. The molecule has 0 spiro atoms. The number of hydrogen-bond donors (Lipinski definition) is 3. The van der Waals surface area contributed by atoms with Gasteiger partial charge in [0.1, 0.15) is 0 Å². The third-order valence-corrected chi connectivity index (χ3v) is 3.99. The van der Waals surface area contributed by atoms with E-state index in [1.54, 1.807) is 0 Å². The van der Waals surface area contributed by atoms with Crippen LogP contribution in [0.2, 0.25) is 0 Å². The molecule has 4 heteroatoms. The van der Waals surface area contributed by atoms with Crippen LogP contribution in [0.5, 0.6) is 0 Å². The second-order valence-corrected chi connectivity index (χ2v) is 4.80. The highest BCUT2D eigenvalue weighted by Crippen LogP contribution is 2.38. The highest BCUT2D eigenvalue weighted by molar-refractivity contribution is 5.06. The molecule has 0 bridgehead atoms. The second kappa shape index (κ2) is 4.37. The maximum atomic E-state index is 9.96. The molecule has 15 heavy (non-hydrogen) atoms. The van der Waals surface area contributed by atoms with Gasteiger partial charge in [0.05, 0.1) is 24.9 Å². The van der Waals surface area contributed by atoms with E-state index in [0.29, 0.717) is 5.92 Å². The summed E-state index contributed by atoms with van der Waals surface area (Å²) in [6.45, 7) is 2.98. The Balaban J connectivity index is 2.11. The van der Waals surface area contributed by atoms with Crippen molar-refractivity contribution in [2.75, 3.05) is 13.2 Å². The Bertz CT molecular complexity index is 222. The van der Waals surface area contributed by atoms with Gasteiger partial charge in [-0.25, -0.2) is 0 Å². The zero-order valence-corrected chi connectivity index (χ0v) is 9.21. The van der Waals surface area contributed by atoms with Gasteiger partial charge in [0, 0.05) is 6.04 Å². The number of aliphatic hydroxyl groups excluding tert-OH is 3. The molecule has 2 heterocycles. The van der Waals surface area contributed by atoms with Crippen LogP contribution in [-0.4, -0.2) is 57.7 Å². The smallest absolute Gasteiger partial charge is 0.0991 e. The van der Waals surface area contributed by atoms with Crippen molar-refractivity contribution in [3.63, 3.8) is 0 Å². The topological polar surface area (TPSA) is 63.9 Å². The van der Waals surface area contributed by atoms with Gasteiger partial charge in [0.15, 0.2) is 0 Å². The molecule has 0 amide bonds. The van der Waals surface area contributed by atoms with Crippen molar-refractivity contribution >= 4 is 0 Å². The lowest BCUT2D eigenvalue weighted by Gasteiger charge is -2.24. The van der Waals surface area contributed by atoms with Crippen molar-refractivity contribution in [3.8, 4) is 0 Å². The van der Waals surface area contributed by atoms with Crippen LogP contribution in [0, 0.1) is 5.92 Å². The predicted octanol–water partition coefficient (Wildman–Crippen LogP) is -0.427. The van der Waals surface area contributed by atoms with Crippen LogP contribution in [0.15, 0.2) is 0 Å². The normalized spacial score (nSPS) is 46.0. The average molecular weight is 215 g/mol. The van der Waals surface area contributed by atoms with Crippen LogP contribution >= 0.6 is 0 Å². The summed E-state index contributed by atoms with van der Waals surface area (Å²) in [5.74, 6) is 0.483. The van der Waals surface area contributed by atoms with E-state index in [9.17, 15) is 15.3 Å². The first kappa shape index (κ1) is 11.3. The van der Waals surface area contributed by atoms with Gasteiger partial charge in [-0.15, -0.1) is 0 Å². The van der Waals surface area contributed by atoms with Crippen LogP contribution in [0.4, 0.5) is 0 Å². The van der Waals surface area contributed by atoms with Crippen LogP contribution in [0.3, 0.4) is 0 Å². The molecule has 2 rings (SSSR count). The third-order valence-electron chi connectivity index (χ3n) is 3.99. The summed E-state index contributed by atoms with van der Waals surface area (Å²) in [6.07, 6.45) is 1.84. The molecule has 4 nitrogen and oxygen atoms in total. The third kappa shape index (κ3) is 1.69. The van der Waals surface area contributed by atoms with Gasteiger partial charge >= 0.3 is 0 Å². The lowest BCUT2D eigenvalue weighted by molar-refractivity contribution is 0.0106. The van der Waals surface area contributed by atoms with Gasteiger partial charge in [0.25, 0.3) is 0 Å². The number of hydrogen-bond acceptors (Lipinski definition) is 4. The molecular formula is C11H21NO3. The van der Waals surface area contributed by atoms with Gasteiger partial charge in [-0.1, -0.05) is 13.3 Å². The van der Waals surface area contributed by atoms with Crippen molar-refractivity contribution in [1.82, 2.24) is 4.90 Å². The minimum absolute atomic E-state index is 0.0619. The molecule has 0 unspecified atom stereocenters. The molecule has 0 saturated carbocycles. The number of aliphatic hydroxyl groups is 3. The first-order chi connectivity index (χ1) is 7.20. The van der Waals surface area contributed by atoms with E-state index in [1.165, 1.54) is 0 Å². The average Bonchev–Trinajstić information content (AvgIpc) is 2.71. The Morgan fingerprint density at radius 2 is 2.00 bits per heavy atom. The fourth-order valence-electron chi connectivity index (χ4n) is 3.29. The van der Waals surface area contributed by atoms with Gasteiger partial charge in [-0.05, 0) is 25.3 Å². The first-order valence-corrected chi connectivity index (χ1v) is 5.93. The van der Waals surface area contributed by atoms with Crippen molar-refractivity contribution in [3.05, 3.63) is 0 Å². The van der Waals surface area contributed by atoms with E-state index < -0.39 is 12.2 Å². The summed E-state index contributed by atoms with van der Waals surface area (Å²) in [4.78, 5) is 2.09. The van der Waals surface area contributed by atoms with Gasteiger partial charge in [-0.3, -0.25) is 4.90 Å². The fraction of sp³-hybridized carbons (Fsp3) is 1.00. The summed E-state index contributed by atoms with van der Waals surface area (Å²) in [7, 11) is 0.